The molecule has 1 N–H and O–H groups in total. The number of hydrogen-bond acceptors (Lipinski definition) is 4. The van der Waals surface area contributed by atoms with E-state index in [1.165, 1.54) is 0 Å². The summed E-state index contributed by atoms with van der Waals surface area (Å²) >= 11 is 3.48. The molecule has 0 bridgehead atoms. The van der Waals surface area contributed by atoms with Crippen molar-refractivity contribution in [3.63, 3.8) is 0 Å². The van der Waals surface area contributed by atoms with Crippen molar-refractivity contribution >= 4 is 15.9 Å². The highest BCUT2D eigenvalue weighted by atomic mass is 79.9. The van der Waals surface area contributed by atoms with Gasteiger partial charge in [-0.1, -0.05) is 0 Å². The van der Waals surface area contributed by atoms with Crippen LogP contribution >= 0.6 is 15.9 Å². The standard InChI is InChI=1S/C14H22BrN3O2/c1-9(12-5-4-8-20-12)16-6-7-18-11(3)13(15)10(2)17-14(18)19/h9,12,16H,4-8H2,1-3H3. The minimum atomic E-state index is -0.185. The summed E-state index contributed by atoms with van der Waals surface area (Å²) in [5.74, 6) is 0. The van der Waals surface area contributed by atoms with Gasteiger partial charge in [-0.05, 0) is 49.5 Å². The van der Waals surface area contributed by atoms with Gasteiger partial charge in [0.15, 0.2) is 0 Å². The molecule has 1 saturated heterocycles. The van der Waals surface area contributed by atoms with Crippen molar-refractivity contribution in [3.8, 4) is 0 Å². The maximum Gasteiger partial charge on any atom is 0.348 e. The zero-order chi connectivity index (χ0) is 14.7. The molecule has 2 unspecified atom stereocenters. The average molecular weight is 344 g/mol. The van der Waals surface area contributed by atoms with E-state index in [2.05, 4.69) is 33.2 Å². The Kier molecular flexibility index (Phi) is 5.35. The minimum Gasteiger partial charge on any atom is -0.377 e. The Bertz CT molecular complexity index is 524. The van der Waals surface area contributed by atoms with Gasteiger partial charge >= 0.3 is 5.69 Å². The van der Waals surface area contributed by atoms with Crippen LogP contribution in [0.25, 0.3) is 0 Å². The van der Waals surface area contributed by atoms with Crippen molar-refractivity contribution in [1.29, 1.82) is 0 Å². The molecule has 1 fully saturated rings. The van der Waals surface area contributed by atoms with E-state index in [1.807, 2.05) is 13.8 Å². The van der Waals surface area contributed by atoms with Gasteiger partial charge in [-0.15, -0.1) is 0 Å². The van der Waals surface area contributed by atoms with Crippen molar-refractivity contribution in [3.05, 3.63) is 26.3 Å². The van der Waals surface area contributed by atoms with Crippen LogP contribution in [0.15, 0.2) is 9.27 Å². The summed E-state index contributed by atoms with van der Waals surface area (Å²) in [7, 11) is 0. The Labute approximate surface area is 127 Å². The lowest BCUT2D eigenvalue weighted by atomic mass is 10.1. The molecule has 0 aliphatic carbocycles. The van der Waals surface area contributed by atoms with Gasteiger partial charge < -0.3 is 10.1 Å². The number of hydrogen-bond donors (Lipinski definition) is 1. The highest BCUT2D eigenvalue weighted by molar-refractivity contribution is 9.10. The SMILES string of the molecule is Cc1nc(=O)n(CCNC(C)C2CCCO2)c(C)c1Br. The molecule has 6 heteroatoms. The number of nitrogens with zero attached hydrogens (tertiary/aromatic N) is 2. The molecular formula is C14H22BrN3O2. The number of halogens is 1. The lowest BCUT2D eigenvalue weighted by Gasteiger charge is -2.20. The van der Waals surface area contributed by atoms with Crippen molar-refractivity contribution in [2.45, 2.75) is 52.3 Å². The zero-order valence-electron chi connectivity index (χ0n) is 12.3. The Hall–Kier alpha value is -0.720. The molecule has 20 heavy (non-hydrogen) atoms. The number of ether oxygens (including phenoxy) is 1. The van der Waals surface area contributed by atoms with E-state index in [-0.39, 0.29) is 5.69 Å². The van der Waals surface area contributed by atoms with Crippen molar-refractivity contribution in [2.24, 2.45) is 0 Å². The van der Waals surface area contributed by atoms with Gasteiger partial charge in [-0.2, -0.15) is 4.98 Å². The van der Waals surface area contributed by atoms with Gasteiger partial charge in [0.2, 0.25) is 0 Å². The summed E-state index contributed by atoms with van der Waals surface area (Å²) in [6.45, 7) is 8.12. The molecule has 2 rings (SSSR count). The quantitative estimate of drug-likeness (QED) is 0.885. The topological polar surface area (TPSA) is 56.2 Å². The van der Waals surface area contributed by atoms with E-state index in [1.54, 1.807) is 4.57 Å². The predicted octanol–water partition coefficient (Wildman–Crippen LogP) is 1.78. The molecule has 0 spiro atoms. The fourth-order valence-electron chi connectivity index (χ4n) is 2.57. The maximum atomic E-state index is 11.9. The monoisotopic (exact) mass is 343 g/mol. The van der Waals surface area contributed by atoms with Crippen LogP contribution in [0.5, 0.6) is 0 Å². The fourth-order valence-corrected chi connectivity index (χ4v) is 2.88. The minimum absolute atomic E-state index is 0.185. The first-order valence-corrected chi connectivity index (χ1v) is 7.88. The second kappa shape index (κ2) is 6.83. The Morgan fingerprint density at radius 1 is 1.55 bits per heavy atom. The average Bonchev–Trinajstić information content (AvgIpc) is 2.94. The van der Waals surface area contributed by atoms with Crippen LogP contribution in [0.4, 0.5) is 0 Å². The number of nitrogens with one attached hydrogen (secondary N) is 1. The normalized spacial score (nSPS) is 20.3. The van der Waals surface area contributed by atoms with E-state index >= 15 is 0 Å². The van der Waals surface area contributed by atoms with Gasteiger partial charge in [-0.3, -0.25) is 4.57 Å². The molecule has 1 aliphatic heterocycles. The van der Waals surface area contributed by atoms with E-state index in [4.69, 9.17) is 4.74 Å². The van der Waals surface area contributed by atoms with Crippen LogP contribution in [0.1, 0.15) is 31.2 Å². The first kappa shape index (κ1) is 15.7. The summed E-state index contributed by atoms with van der Waals surface area (Å²) in [4.78, 5) is 15.9. The summed E-state index contributed by atoms with van der Waals surface area (Å²) in [5.41, 5.74) is 1.48. The molecule has 1 aliphatic rings. The number of aryl methyl sites for hydroxylation is 1. The molecule has 112 valence electrons. The Morgan fingerprint density at radius 3 is 2.95 bits per heavy atom. The summed E-state index contributed by atoms with van der Waals surface area (Å²) < 4.78 is 8.26. The Balaban J connectivity index is 1.94. The van der Waals surface area contributed by atoms with Gasteiger partial charge in [-0.25, -0.2) is 4.79 Å². The molecule has 5 nitrogen and oxygen atoms in total. The van der Waals surface area contributed by atoms with E-state index < -0.39 is 0 Å². The van der Waals surface area contributed by atoms with Crippen molar-refractivity contribution < 1.29 is 4.74 Å². The molecule has 1 aromatic rings. The second-order valence-corrected chi connectivity index (χ2v) is 6.12. The van der Waals surface area contributed by atoms with Crippen LogP contribution in [0.3, 0.4) is 0 Å². The summed E-state index contributed by atoms with van der Waals surface area (Å²) in [6, 6.07) is 0.315. The highest BCUT2D eigenvalue weighted by Gasteiger charge is 2.21. The molecule has 1 aromatic heterocycles. The van der Waals surface area contributed by atoms with Crippen LogP contribution in [-0.4, -0.2) is 34.8 Å². The van der Waals surface area contributed by atoms with Gasteiger partial charge in [0.05, 0.1) is 16.3 Å². The molecule has 0 aromatic carbocycles. The second-order valence-electron chi connectivity index (χ2n) is 5.33. The van der Waals surface area contributed by atoms with Crippen LogP contribution < -0.4 is 11.0 Å². The molecule has 0 radical (unpaired) electrons. The van der Waals surface area contributed by atoms with Crippen LogP contribution in [0.2, 0.25) is 0 Å². The summed E-state index contributed by atoms with van der Waals surface area (Å²) in [5, 5.41) is 3.43. The first-order valence-electron chi connectivity index (χ1n) is 7.09. The van der Waals surface area contributed by atoms with E-state index in [0.717, 1.165) is 41.9 Å². The summed E-state index contributed by atoms with van der Waals surface area (Å²) in [6.07, 6.45) is 2.56. The largest absolute Gasteiger partial charge is 0.377 e. The van der Waals surface area contributed by atoms with Crippen LogP contribution in [0, 0.1) is 13.8 Å². The van der Waals surface area contributed by atoms with Crippen molar-refractivity contribution in [2.75, 3.05) is 13.2 Å². The van der Waals surface area contributed by atoms with Gasteiger partial charge in [0.25, 0.3) is 0 Å². The number of rotatable bonds is 5. The Morgan fingerprint density at radius 2 is 2.30 bits per heavy atom. The fraction of sp³-hybridized carbons (Fsp3) is 0.714. The lowest BCUT2D eigenvalue weighted by molar-refractivity contribution is 0.0834. The van der Waals surface area contributed by atoms with Gasteiger partial charge in [0.1, 0.15) is 0 Å². The first-order chi connectivity index (χ1) is 9.50. The molecule has 0 saturated carbocycles. The zero-order valence-corrected chi connectivity index (χ0v) is 13.9. The molecule has 2 atom stereocenters. The number of aromatic nitrogens is 2. The lowest BCUT2D eigenvalue weighted by Crippen LogP contribution is -2.40. The van der Waals surface area contributed by atoms with Crippen LogP contribution in [-0.2, 0) is 11.3 Å². The maximum absolute atomic E-state index is 11.9. The van der Waals surface area contributed by atoms with Crippen molar-refractivity contribution in [1.82, 2.24) is 14.9 Å². The van der Waals surface area contributed by atoms with E-state index in [0.29, 0.717) is 18.7 Å². The third kappa shape index (κ3) is 3.48. The predicted molar refractivity (Wildman–Crippen MR) is 82.1 cm³/mol. The third-order valence-electron chi connectivity index (χ3n) is 3.86. The molecule has 2 heterocycles. The highest BCUT2D eigenvalue weighted by Crippen LogP contribution is 2.17. The third-order valence-corrected chi connectivity index (χ3v) is 5.01. The molecule has 0 amide bonds. The smallest absolute Gasteiger partial charge is 0.348 e. The van der Waals surface area contributed by atoms with Gasteiger partial charge in [0, 0.05) is 31.4 Å². The molecular weight excluding hydrogens is 322 g/mol. The van der Waals surface area contributed by atoms with E-state index in [9.17, 15) is 4.79 Å².